The lowest BCUT2D eigenvalue weighted by Crippen LogP contribution is -2.20. The Balaban J connectivity index is 1.43. The molecule has 1 heterocycles. The first kappa shape index (κ1) is 19.2. The quantitative estimate of drug-likeness (QED) is 0.414. The number of H-pyrrole nitrogens is 1. The van der Waals surface area contributed by atoms with Gasteiger partial charge in [-0.25, -0.2) is 5.43 Å². The minimum Gasteiger partial charge on any atom is -0.494 e. The Labute approximate surface area is 162 Å². The second-order valence-electron chi connectivity index (χ2n) is 6.09. The number of amides is 2. The molecule has 0 saturated heterocycles. The number of rotatable bonds is 8. The molecular weight excluding hydrogens is 356 g/mol. The van der Waals surface area contributed by atoms with E-state index in [0.717, 1.165) is 22.2 Å². The summed E-state index contributed by atoms with van der Waals surface area (Å²) in [7, 11) is 0. The number of hydrogen-bond acceptors (Lipinski definition) is 4. The second kappa shape index (κ2) is 9.36. The lowest BCUT2D eigenvalue weighted by Gasteiger charge is -2.07. The molecule has 0 bridgehead atoms. The van der Waals surface area contributed by atoms with Crippen molar-refractivity contribution in [1.82, 2.24) is 10.4 Å². The number of benzene rings is 2. The molecule has 1 aromatic heterocycles. The number of hydrazone groups is 1. The number of carbonyl (C=O) groups excluding carboxylic acids is 2. The number of ether oxygens (including phenoxy) is 1. The fourth-order valence-electron chi connectivity index (χ4n) is 2.68. The monoisotopic (exact) mass is 378 g/mol. The highest BCUT2D eigenvalue weighted by Crippen LogP contribution is 2.16. The van der Waals surface area contributed by atoms with E-state index in [1.54, 1.807) is 30.5 Å². The molecule has 0 atom stereocenters. The van der Waals surface area contributed by atoms with Crippen molar-refractivity contribution in [3.63, 3.8) is 0 Å². The van der Waals surface area contributed by atoms with Crippen LogP contribution >= 0.6 is 0 Å². The Bertz CT molecular complexity index is 977. The Morgan fingerprint density at radius 2 is 1.82 bits per heavy atom. The van der Waals surface area contributed by atoms with E-state index in [1.807, 2.05) is 37.4 Å². The average molecular weight is 378 g/mol. The van der Waals surface area contributed by atoms with Crippen LogP contribution in [0.1, 0.15) is 25.3 Å². The standard InChI is InChI=1S/C21H22N4O3/c1-2-28-17-9-7-16(8-10-17)24-20(26)11-12-21(27)25-23-14-15-13-22-19-6-4-3-5-18(15)19/h3-10,13-14,22H,2,11-12H2,1H3,(H,24,26)(H,25,27)/b23-14-. The molecular formula is C21H22N4O3. The van der Waals surface area contributed by atoms with Gasteiger partial charge in [0.2, 0.25) is 11.8 Å². The van der Waals surface area contributed by atoms with E-state index in [0.29, 0.717) is 12.3 Å². The van der Waals surface area contributed by atoms with E-state index in [1.165, 1.54) is 0 Å². The molecule has 7 heteroatoms. The second-order valence-corrected chi connectivity index (χ2v) is 6.09. The summed E-state index contributed by atoms with van der Waals surface area (Å²) in [5.74, 6) is 0.186. The zero-order valence-electron chi connectivity index (χ0n) is 15.6. The third kappa shape index (κ3) is 5.20. The van der Waals surface area contributed by atoms with Crippen molar-refractivity contribution in [3.05, 3.63) is 60.3 Å². The summed E-state index contributed by atoms with van der Waals surface area (Å²) >= 11 is 0. The van der Waals surface area contributed by atoms with E-state index in [2.05, 4.69) is 20.8 Å². The van der Waals surface area contributed by atoms with E-state index in [-0.39, 0.29) is 24.7 Å². The van der Waals surface area contributed by atoms with Crippen LogP contribution in [0.4, 0.5) is 5.69 Å². The molecule has 28 heavy (non-hydrogen) atoms. The highest BCUT2D eigenvalue weighted by Gasteiger charge is 2.07. The number of aromatic nitrogens is 1. The molecule has 2 amide bonds. The zero-order valence-corrected chi connectivity index (χ0v) is 15.6. The molecule has 3 aromatic rings. The molecule has 0 fully saturated rings. The molecule has 0 aliphatic heterocycles. The number of nitrogens with zero attached hydrogens (tertiary/aromatic N) is 1. The Hall–Kier alpha value is -3.61. The molecule has 0 aliphatic carbocycles. The number of nitrogens with one attached hydrogen (secondary N) is 3. The third-order valence-electron chi connectivity index (χ3n) is 4.04. The van der Waals surface area contributed by atoms with Crippen molar-refractivity contribution in [2.45, 2.75) is 19.8 Å². The van der Waals surface area contributed by atoms with Gasteiger partial charge in [0.05, 0.1) is 12.8 Å². The summed E-state index contributed by atoms with van der Waals surface area (Å²) in [4.78, 5) is 27.0. The average Bonchev–Trinajstić information content (AvgIpc) is 3.11. The van der Waals surface area contributed by atoms with Crippen LogP contribution in [0.25, 0.3) is 10.9 Å². The van der Waals surface area contributed by atoms with E-state index >= 15 is 0 Å². The molecule has 3 N–H and O–H groups in total. The van der Waals surface area contributed by atoms with Gasteiger partial charge < -0.3 is 15.0 Å². The van der Waals surface area contributed by atoms with Gasteiger partial charge in [0.1, 0.15) is 5.75 Å². The number of hydrogen-bond donors (Lipinski definition) is 3. The highest BCUT2D eigenvalue weighted by atomic mass is 16.5. The minimum absolute atomic E-state index is 0.0497. The lowest BCUT2D eigenvalue weighted by molar-refractivity contribution is -0.124. The fourth-order valence-corrected chi connectivity index (χ4v) is 2.68. The summed E-state index contributed by atoms with van der Waals surface area (Å²) < 4.78 is 5.35. The van der Waals surface area contributed by atoms with Gasteiger partial charge in [0, 0.05) is 41.2 Å². The van der Waals surface area contributed by atoms with Gasteiger partial charge in [0.25, 0.3) is 0 Å². The largest absolute Gasteiger partial charge is 0.494 e. The maximum atomic E-state index is 12.0. The summed E-state index contributed by atoms with van der Waals surface area (Å²) in [6.45, 7) is 2.49. The molecule has 0 radical (unpaired) electrons. The summed E-state index contributed by atoms with van der Waals surface area (Å²) in [6, 6.07) is 14.9. The van der Waals surface area contributed by atoms with Gasteiger partial charge in [0.15, 0.2) is 0 Å². The van der Waals surface area contributed by atoms with Gasteiger partial charge in [-0.1, -0.05) is 18.2 Å². The topological polar surface area (TPSA) is 95.6 Å². The van der Waals surface area contributed by atoms with Crippen LogP contribution in [-0.4, -0.2) is 29.6 Å². The molecule has 3 rings (SSSR count). The smallest absolute Gasteiger partial charge is 0.240 e. The molecule has 2 aromatic carbocycles. The van der Waals surface area contributed by atoms with Gasteiger partial charge >= 0.3 is 0 Å². The number of para-hydroxylation sites is 1. The summed E-state index contributed by atoms with van der Waals surface area (Å²) in [6.07, 6.45) is 3.52. The molecule has 0 unspecified atom stereocenters. The zero-order chi connectivity index (χ0) is 19.8. The van der Waals surface area contributed by atoms with Crippen LogP contribution in [-0.2, 0) is 9.59 Å². The summed E-state index contributed by atoms with van der Waals surface area (Å²) in [5, 5.41) is 7.73. The van der Waals surface area contributed by atoms with Crippen LogP contribution < -0.4 is 15.5 Å². The highest BCUT2D eigenvalue weighted by molar-refractivity contribution is 5.99. The number of fused-ring (bicyclic) bond motifs is 1. The van der Waals surface area contributed by atoms with Crippen molar-refractivity contribution >= 4 is 34.6 Å². The molecule has 144 valence electrons. The minimum atomic E-state index is -0.321. The molecule has 0 aliphatic rings. The van der Waals surface area contributed by atoms with Crippen molar-refractivity contribution in [2.75, 3.05) is 11.9 Å². The maximum absolute atomic E-state index is 12.0. The van der Waals surface area contributed by atoms with Gasteiger partial charge in [-0.15, -0.1) is 0 Å². The van der Waals surface area contributed by atoms with E-state index < -0.39 is 0 Å². The van der Waals surface area contributed by atoms with Gasteiger partial charge in [-0.3, -0.25) is 9.59 Å². The predicted octanol–water partition coefficient (Wildman–Crippen LogP) is 3.44. The SMILES string of the molecule is CCOc1ccc(NC(=O)CCC(=O)N/N=C\c2c[nH]c3ccccc23)cc1. The van der Waals surface area contributed by atoms with Crippen molar-refractivity contribution < 1.29 is 14.3 Å². The lowest BCUT2D eigenvalue weighted by atomic mass is 10.2. The number of anilines is 1. The van der Waals surface area contributed by atoms with E-state index in [4.69, 9.17) is 4.74 Å². The van der Waals surface area contributed by atoms with Crippen LogP contribution in [0, 0.1) is 0 Å². The first-order valence-electron chi connectivity index (χ1n) is 9.06. The molecule has 0 spiro atoms. The van der Waals surface area contributed by atoms with Crippen molar-refractivity contribution in [2.24, 2.45) is 5.10 Å². The Morgan fingerprint density at radius 1 is 1.07 bits per heavy atom. The first-order chi connectivity index (χ1) is 13.7. The molecule has 0 saturated carbocycles. The maximum Gasteiger partial charge on any atom is 0.240 e. The first-order valence-corrected chi connectivity index (χ1v) is 9.06. The number of carbonyl (C=O) groups is 2. The Kier molecular flexibility index (Phi) is 6.41. The van der Waals surface area contributed by atoms with Crippen LogP contribution in [0.2, 0.25) is 0 Å². The van der Waals surface area contributed by atoms with Crippen molar-refractivity contribution in [1.29, 1.82) is 0 Å². The van der Waals surface area contributed by atoms with Crippen LogP contribution in [0.3, 0.4) is 0 Å². The van der Waals surface area contributed by atoms with Crippen molar-refractivity contribution in [3.8, 4) is 5.75 Å². The Morgan fingerprint density at radius 3 is 2.61 bits per heavy atom. The normalized spacial score (nSPS) is 10.9. The summed E-state index contributed by atoms with van der Waals surface area (Å²) in [5.41, 5.74) is 4.98. The van der Waals surface area contributed by atoms with E-state index in [9.17, 15) is 9.59 Å². The fraction of sp³-hybridized carbons (Fsp3) is 0.190. The predicted molar refractivity (Wildman–Crippen MR) is 110 cm³/mol. The van der Waals surface area contributed by atoms with Crippen LogP contribution in [0.15, 0.2) is 59.8 Å². The van der Waals surface area contributed by atoms with Crippen LogP contribution in [0.5, 0.6) is 5.75 Å². The van der Waals surface area contributed by atoms with Gasteiger partial charge in [-0.2, -0.15) is 5.10 Å². The molecule has 7 nitrogen and oxygen atoms in total. The third-order valence-corrected chi connectivity index (χ3v) is 4.04. The van der Waals surface area contributed by atoms with Gasteiger partial charge in [-0.05, 0) is 37.3 Å². The number of aromatic amines is 1.